The SMILES string of the molecule is CSc1cc(=O)sc(-c2ccccc2)n1. The number of thioether (sulfide) groups is 1. The summed E-state index contributed by atoms with van der Waals surface area (Å²) in [6.07, 6.45) is 1.92. The maximum Gasteiger partial charge on any atom is 0.237 e. The summed E-state index contributed by atoms with van der Waals surface area (Å²) in [4.78, 5) is 15.8. The molecule has 2 aromatic rings. The van der Waals surface area contributed by atoms with Crippen LogP contribution in [0.1, 0.15) is 0 Å². The quantitative estimate of drug-likeness (QED) is 0.750. The van der Waals surface area contributed by atoms with Gasteiger partial charge in [-0.15, -0.1) is 11.8 Å². The summed E-state index contributed by atoms with van der Waals surface area (Å²) in [6.45, 7) is 0. The van der Waals surface area contributed by atoms with E-state index in [0.29, 0.717) is 0 Å². The highest BCUT2D eigenvalue weighted by molar-refractivity contribution is 7.98. The lowest BCUT2D eigenvalue weighted by molar-refractivity contribution is 1.17. The zero-order valence-electron chi connectivity index (χ0n) is 8.14. The van der Waals surface area contributed by atoms with Crippen LogP contribution < -0.4 is 4.74 Å². The number of nitrogens with zero attached hydrogens (tertiary/aromatic N) is 1. The maximum atomic E-state index is 11.4. The molecule has 0 radical (unpaired) electrons. The molecule has 2 nitrogen and oxygen atoms in total. The standard InChI is InChI=1S/C11H9NOS2/c1-14-9-7-10(13)15-11(12-9)8-5-3-2-4-6-8/h2-7H,1H3. The third-order valence-corrected chi connectivity index (χ3v) is 3.35. The third-order valence-electron chi connectivity index (χ3n) is 1.88. The van der Waals surface area contributed by atoms with Crippen LogP contribution in [0, 0.1) is 0 Å². The first-order chi connectivity index (χ1) is 7.29. The molecule has 0 atom stereocenters. The molecule has 76 valence electrons. The molecule has 0 amide bonds. The Morgan fingerprint density at radius 2 is 2.00 bits per heavy atom. The predicted molar refractivity (Wildman–Crippen MR) is 65.6 cm³/mol. The Kier molecular flexibility index (Phi) is 3.18. The Bertz CT molecular complexity index is 507. The van der Waals surface area contributed by atoms with Gasteiger partial charge >= 0.3 is 0 Å². The smallest absolute Gasteiger partial charge is 0.237 e. The lowest BCUT2D eigenvalue weighted by Gasteiger charge is -2.00. The van der Waals surface area contributed by atoms with Gasteiger partial charge in [0.25, 0.3) is 0 Å². The van der Waals surface area contributed by atoms with Crippen LogP contribution in [0.15, 0.2) is 46.2 Å². The molecule has 0 saturated carbocycles. The Morgan fingerprint density at radius 1 is 1.27 bits per heavy atom. The highest BCUT2D eigenvalue weighted by Gasteiger charge is 2.03. The van der Waals surface area contributed by atoms with Crippen LogP contribution in [-0.4, -0.2) is 11.2 Å². The lowest BCUT2D eigenvalue weighted by Crippen LogP contribution is -1.96. The average Bonchev–Trinajstić information content (AvgIpc) is 2.29. The van der Waals surface area contributed by atoms with Gasteiger partial charge in [-0.25, -0.2) is 4.98 Å². The van der Waals surface area contributed by atoms with Gasteiger partial charge in [-0.2, -0.15) is 0 Å². The van der Waals surface area contributed by atoms with Crippen LogP contribution in [0.3, 0.4) is 0 Å². The van der Waals surface area contributed by atoms with Crippen LogP contribution in [-0.2, 0) is 0 Å². The molecule has 1 aromatic heterocycles. The van der Waals surface area contributed by atoms with E-state index in [2.05, 4.69) is 4.98 Å². The van der Waals surface area contributed by atoms with E-state index in [-0.39, 0.29) is 4.74 Å². The molecule has 0 bridgehead atoms. The highest BCUT2D eigenvalue weighted by Crippen LogP contribution is 2.21. The molecule has 1 aromatic carbocycles. The van der Waals surface area contributed by atoms with Crippen molar-refractivity contribution in [3.8, 4) is 10.6 Å². The molecular weight excluding hydrogens is 226 g/mol. The molecule has 0 unspecified atom stereocenters. The normalized spacial score (nSPS) is 10.2. The number of aromatic nitrogens is 1. The Labute approximate surface area is 96.0 Å². The summed E-state index contributed by atoms with van der Waals surface area (Å²) < 4.78 is 0.0493. The average molecular weight is 235 g/mol. The fraction of sp³-hybridized carbons (Fsp3) is 0.0909. The molecule has 15 heavy (non-hydrogen) atoms. The summed E-state index contributed by atoms with van der Waals surface area (Å²) in [5, 5.41) is 1.56. The largest absolute Gasteiger partial charge is 0.278 e. The molecule has 0 aliphatic carbocycles. The number of hydrogen-bond acceptors (Lipinski definition) is 4. The van der Waals surface area contributed by atoms with E-state index in [1.807, 2.05) is 36.6 Å². The minimum atomic E-state index is 0.0493. The van der Waals surface area contributed by atoms with E-state index in [1.165, 1.54) is 23.1 Å². The van der Waals surface area contributed by atoms with E-state index < -0.39 is 0 Å². The third kappa shape index (κ3) is 2.46. The predicted octanol–water partition coefficient (Wildman–Crippen LogP) is 2.89. The fourth-order valence-corrected chi connectivity index (χ4v) is 2.49. The highest BCUT2D eigenvalue weighted by atomic mass is 32.2. The monoisotopic (exact) mass is 235 g/mol. The summed E-state index contributed by atoms with van der Waals surface area (Å²) in [7, 11) is 0. The second-order valence-corrected chi connectivity index (χ2v) is 4.71. The molecule has 2 rings (SSSR count). The first-order valence-corrected chi connectivity index (χ1v) is 6.45. The zero-order valence-corrected chi connectivity index (χ0v) is 9.77. The van der Waals surface area contributed by atoms with Crippen LogP contribution >= 0.6 is 23.1 Å². The first kappa shape index (κ1) is 10.4. The van der Waals surface area contributed by atoms with Crippen molar-refractivity contribution in [2.24, 2.45) is 0 Å². The molecule has 0 fully saturated rings. The second kappa shape index (κ2) is 4.59. The number of rotatable bonds is 2. The van der Waals surface area contributed by atoms with E-state index in [1.54, 1.807) is 6.07 Å². The molecule has 1 heterocycles. The molecule has 0 saturated heterocycles. The zero-order chi connectivity index (χ0) is 10.7. The molecule has 0 aliphatic rings. The Hall–Kier alpha value is -1.13. The minimum Gasteiger partial charge on any atom is -0.278 e. The molecular formula is C11H9NOS2. The number of benzene rings is 1. The summed E-state index contributed by atoms with van der Waals surface area (Å²) >= 11 is 2.67. The summed E-state index contributed by atoms with van der Waals surface area (Å²) in [6, 6.07) is 11.3. The van der Waals surface area contributed by atoms with Crippen molar-refractivity contribution in [2.75, 3.05) is 6.26 Å². The van der Waals surface area contributed by atoms with Crippen LogP contribution in [0.25, 0.3) is 10.6 Å². The minimum absolute atomic E-state index is 0.0493. The van der Waals surface area contributed by atoms with Gasteiger partial charge < -0.3 is 0 Å². The van der Waals surface area contributed by atoms with Crippen LogP contribution in [0.5, 0.6) is 0 Å². The molecule has 0 N–H and O–H groups in total. The van der Waals surface area contributed by atoms with E-state index in [0.717, 1.165) is 15.6 Å². The van der Waals surface area contributed by atoms with E-state index in [4.69, 9.17) is 0 Å². The molecule has 0 spiro atoms. The van der Waals surface area contributed by atoms with Crippen molar-refractivity contribution in [2.45, 2.75) is 5.03 Å². The first-order valence-electron chi connectivity index (χ1n) is 4.41. The summed E-state index contributed by atoms with van der Waals surface area (Å²) in [5.41, 5.74) is 0.996. The summed E-state index contributed by atoms with van der Waals surface area (Å²) in [5.74, 6) is 0. The fourth-order valence-electron chi connectivity index (χ4n) is 1.19. The van der Waals surface area contributed by atoms with Gasteiger partial charge in [0.15, 0.2) is 0 Å². The van der Waals surface area contributed by atoms with Gasteiger partial charge in [-0.3, -0.25) is 4.79 Å². The molecule has 0 aliphatic heterocycles. The van der Waals surface area contributed by atoms with Gasteiger partial charge in [0.2, 0.25) is 4.74 Å². The van der Waals surface area contributed by atoms with Crippen molar-refractivity contribution in [1.29, 1.82) is 0 Å². The van der Waals surface area contributed by atoms with Crippen molar-refractivity contribution in [3.63, 3.8) is 0 Å². The maximum absolute atomic E-state index is 11.4. The van der Waals surface area contributed by atoms with Gasteiger partial charge in [0.05, 0.1) is 0 Å². The van der Waals surface area contributed by atoms with Gasteiger partial charge in [-0.05, 0) is 6.26 Å². The van der Waals surface area contributed by atoms with Gasteiger partial charge in [-0.1, -0.05) is 41.7 Å². The Balaban J connectivity index is 2.54. The van der Waals surface area contributed by atoms with E-state index >= 15 is 0 Å². The van der Waals surface area contributed by atoms with E-state index in [9.17, 15) is 4.79 Å². The number of hydrogen-bond donors (Lipinski definition) is 0. The second-order valence-electron chi connectivity index (χ2n) is 2.89. The van der Waals surface area contributed by atoms with Gasteiger partial charge in [0.1, 0.15) is 10.0 Å². The van der Waals surface area contributed by atoms with Crippen LogP contribution in [0.4, 0.5) is 0 Å². The van der Waals surface area contributed by atoms with Crippen molar-refractivity contribution in [3.05, 3.63) is 45.9 Å². The van der Waals surface area contributed by atoms with Crippen molar-refractivity contribution in [1.82, 2.24) is 4.98 Å². The van der Waals surface area contributed by atoms with Gasteiger partial charge in [0, 0.05) is 11.6 Å². The Morgan fingerprint density at radius 3 is 2.67 bits per heavy atom. The lowest BCUT2D eigenvalue weighted by atomic mass is 10.2. The van der Waals surface area contributed by atoms with Crippen molar-refractivity contribution < 1.29 is 0 Å². The van der Waals surface area contributed by atoms with Crippen LogP contribution in [0.2, 0.25) is 0 Å². The molecule has 4 heteroatoms. The van der Waals surface area contributed by atoms with Crippen molar-refractivity contribution >= 4 is 23.1 Å². The topological polar surface area (TPSA) is 30.0 Å².